The van der Waals surface area contributed by atoms with Crippen LogP contribution in [0, 0.1) is 5.92 Å². The van der Waals surface area contributed by atoms with Crippen molar-refractivity contribution in [1.29, 1.82) is 0 Å². The number of hydrogen-bond donors (Lipinski definition) is 1. The normalized spacial score (nSPS) is 11.7. The first-order valence-electron chi connectivity index (χ1n) is 7.36. The molecule has 0 saturated carbocycles. The molecule has 0 heterocycles. The maximum atomic E-state index is 12.2. The van der Waals surface area contributed by atoms with Crippen LogP contribution in [0.4, 0.5) is 0 Å². The fourth-order valence-corrected chi connectivity index (χ4v) is 1.87. The standard InChI is InChI=1S/C16H22Cl2N2O3/c1-11(2)6-7-19-16(23-9-8-22-3)20-15(21)12-4-5-13(17)14(18)10-12/h4-5,10-11H,6-9H2,1-3H3,(H,19,20,21). The number of aliphatic imine (C=N–C) groups is 1. The quantitative estimate of drug-likeness (QED) is 0.457. The summed E-state index contributed by atoms with van der Waals surface area (Å²) in [4.78, 5) is 16.5. The Balaban J connectivity index is 2.73. The highest BCUT2D eigenvalue weighted by Gasteiger charge is 2.12. The molecule has 0 aromatic heterocycles. The van der Waals surface area contributed by atoms with Crippen molar-refractivity contribution in [2.24, 2.45) is 10.9 Å². The second-order valence-electron chi connectivity index (χ2n) is 5.29. The highest BCUT2D eigenvalue weighted by molar-refractivity contribution is 6.42. The van der Waals surface area contributed by atoms with Crippen molar-refractivity contribution >= 4 is 35.1 Å². The number of carbonyl (C=O) groups excluding carboxylic acids is 1. The van der Waals surface area contributed by atoms with Crippen LogP contribution in [-0.4, -0.2) is 38.8 Å². The lowest BCUT2D eigenvalue weighted by Crippen LogP contribution is -2.33. The average molecular weight is 361 g/mol. The van der Waals surface area contributed by atoms with Gasteiger partial charge < -0.3 is 9.47 Å². The van der Waals surface area contributed by atoms with Gasteiger partial charge in [-0.05, 0) is 30.5 Å². The Labute approximate surface area is 147 Å². The number of methoxy groups -OCH3 is 1. The largest absolute Gasteiger partial charge is 0.463 e. The zero-order chi connectivity index (χ0) is 17.2. The zero-order valence-electron chi connectivity index (χ0n) is 13.6. The number of benzene rings is 1. The first-order valence-corrected chi connectivity index (χ1v) is 8.12. The van der Waals surface area contributed by atoms with E-state index in [1.165, 1.54) is 6.07 Å². The van der Waals surface area contributed by atoms with Gasteiger partial charge in [0.1, 0.15) is 6.61 Å². The van der Waals surface area contributed by atoms with E-state index in [1.807, 2.05) is 0 Å². The van der Waals surface area contributed by atoms with Crippen LogP contribution in [0.2, 0.25) is 10.0 Å². The topological polar surface area (TPSA) is 59.9 Å². The number of halogens is 2. The molecule has 0 unspecified atom stereocenters. The van der Waals surface area contributed by atoms with E-state index in [-0.39, 0.29) is 11.9 Å². The van der Waals surface area contributed by atoms with E-state index in [1.54, 1.807) is 19.2 Å². The Morgan fingerprint density at radius 3 is 2.61 bits per heavy atom. The summed E-state index contributed by atoms with van der Waals surface area (Å²) in [7, 11) is 1.58. The van der Waals surface area contributed by atoms with Crippen molar-refractivity contribution in [3.05, 3.63) is 33.8 Å². The van der Waals surface area contributed by atoms with E-state index in [2.05, 4.69) is 24.2 Å². The van der Waals surface area contributed by atoms with Crippen molar-refractivity contribution in [3.8, 4) is 0 Å². The van der Waals surface area contributed by atoms with Gasteiger partial charge >= 0.3 is 0 Å². The number of carbonyl (C=O) groups is 1. The fourth-order valence-electron chi connectivity index (χ4n) is 1.57. The fraction of sp³-hybridized carbons (Fsp3) is 0.500. The monoisotopic (exact) mass is 360 g/mol. The number of amides is 1. The minimum atomic E-state index is -0.357. The first kappa shape index (κ1) is 19.7. The highest BCUT2D eigenvalue weighted by atomic mass is 35.5. The summed E-state index contributed by atoms with van der Waals surface area (Å²) in [5.74, 6) is 0.161. The Kier molecular flexibility index (Phi) is 8.99. The molecule has 0 saturated heterocycles. The molecule has 7 heteroatoms. The van der Waals surface area contributed by atoms with Gasteiger partial charge in [0.2, 0.25) is 0 Å². The molecule has 128 valence electrons. The molecule has 0 bridgehead atoms. The molecule has 0 aliphatic carbocycles. The minimum absolute atomic E-state index is 0.179. The summed E-state index contributed by atoms with van der Waals surface area (Å²) >= 11 is 11.8. The molecule has 23 heavy (non-hydrogen) atoms. The van der Waals surface area contributed by atoms with Crippen LogP contribution in [0.25, 0.3) is 0 Å². The summed E-state index contributed by atoms with van der Waals surface area (Å²) in [6.45, 7) is 5.50. The molecule has 0 atom stereocenters. The van der Waals surface area contributed by atoms with Crippen molar-refractivity contribution in [2.45, 2.75) is 20.3 Å². The van der Waals surface area contributed by atoms with Crippen LogP contribution in [0.1, 0.15) is 30.6 Å². The van der Waals surface area contributed by atoms with E-state index < -0.39 is 0 Å². The molecule has 1 rings (SSSR count). The summed E-state index contributed by atoms with van der Waals surface area (Å²) in [6, 6.07) is 4.84. The van der Waals surface area contributed by atoms with Crippen molar-refractivity contribution in [2.75, 3.05) is 26.9 Å². The Hall–Kier alpha value is -1.30. The van der Waals surface area contributed by atoms with Crippen LogP contribution in [0.3, 0.4) is 0 Å². The Bertz CT molecular complexity index is 548. The van der Waals surface area contributed by atoms with Gasteiger partial charge in [-0.1, -0.05) is 37.0 Å². The third-order valence-corrected chi connectivity index (χ3v) is 3.63. The highest BCUT2D eigenvalue weighted by Crippen LogP contribution is 2.22. The zero-order valence-corrected chi connectivity index (χ0v) is 15.1. The Morgan fingerprint density at radius 1 is 1.26 bits per heavy atom. The minimum Gasteiger partial charge on any atom is -0.463 e. The summed E-state index contributed by atoms with van der Waals surface area (Å²) in [5.41, 5.74) is 0.381. The first-order chi connectivity index (χ1) is 10.9. The summed E-state index contributed by atoms with van der Waals surface area (Å²) in [6.07, 6.45) is 0.903. The number of ether oxygens (including phenoxy) is 2. The second kappa shape index (κ2) is 10.5. The van der Waals surface area contributed by atoms with Crippen molar-refractivity contribution in [3.63, 3.8) is 0 Å². The predicted molar refractivity (Wildman–Crippen MR) is 93.5 cm³/mol. The van der Waals surface area contributed by atoms with Crippen molar-refractivity contribution < 1.29 is 14.3 Å². The summed E-state index contributed by atoms with van der Waals surface area (Å²) < 4.78 is 10.4. The van der Waals surface area contributed by atoms with Crippen LogP contribution < -0.4 is 5.32 Å². The average Bonchev–Trinajstić information content (AvgIpc) is 2.49. The van der Waals surface area contributed by atoms with Crippen LogP contribution >= 0.6 is 23.2 Å². The van der Waals surface area contributed by atoms with Crippen LogP contribution in [0.15, 0.2) is 23.2 Å². The van der Waals surface area contributed by atoms with Gasteiger partial charge in [0.15, 0.2) is 0 Å². The second-order valence-corrected chi connectivity index (χ2v) is 6.11. The Morgan fingerprint density at radius 2 is 2.00 bits per heavy atom. The number of rotatable bonds is 7. The van der Waals surface area contributed by atoms with E-state index >= 15 is 0 Å². The van der Waals surface area contributed by atoms with Gasteiger partial charge in [-0.15, -0.1) is 0 Å². The molecule has 0 spiro atoms. The van der Waals surface area contributed by atoms with Gasteiger partial charge in [-0.2, -0.15) is 0 Å². The van der Waals surface area contributed by atoms with Crippen molar-refractivity contribution in [1.82, 2.24) is 5.32 Å². The molecule has 0 fully saturated rings. The van der Waals surface area contributed by atoms with Gasteiger partial charge in [-0.3, -0.25) is 10.1 Å². The smallest absolute Gasteiger partial charge is 0.291 e. The molecular weight excluding hydrogens is 339 g/mol. The molecule has 1 amide bonds. The number of amidine groups is 1. The predicted octanol–water partition coefficient (Wildman–Crippen LogP) is 3.79. The van der Waals surface area contributed by atoms with Gasteiger partial charge in [-0.25, -0.2) is 4.99 Å². The van der Waals surface area contributed by atoms with Gasteiger partial charge in [0.05, 0.1) is 16.7 Å². The SMILES string of the molecule is COCCOC(=NCCC(C)C)NC(=O)c1ccc(Cl)c(Cl)c1. The number of hydrogen-bond acceptors (Lipinski definition) is 4. The molecule has 5 nitrogen and oxygen atoms in total. The lowest BCUT2D eigenvalue weighted by Gasteiger charge is -2.11. The molecule has 0 aliphatic heterocycles. The number of nitrogens with zero attached hydrogens (tertiary/aromatic N) is 1. The third-order valence-electron chi connectivity index (χ3n) is 2.89. The van der Waals surface area contributed by atoms with Crippen LogP contribution in [-0.2, 0) is 9.47 Å². The van der Waals surface area contributed by atoms with Crippen LogP contribution in [0.5, 0.6) is 0 Å². The summed E-state index contributed by atoms with van der Waals surface area (Å²) in [5, 5.41) is 3.36. The molecule has 1 aromatic carbocycles. The molecule has 0 radical (unpaired) electrons. The lowest BCUT2D eigenvalue weighted by molar-refractivity contribution is 0.0954. The van der Waals surface area contributed by atoms with E-state index in [0.29, 0.717) is 41.3 Å². The molecule has 1 aromatic rings. The molecule has 0 aliphatic rings. The molecule has 1 N–H and O–H groups in total. The molecular formula is C16H22Cl2N2O3. The lowest BCUT2D eigenvalue weighted by atomic mass is 10.1. The van der Waals surface area contributed by atoms with Gasteiger partial charge in [0, 0.05) is 19.2 Å². The number of nitrogens with one attached hydrogen (secondary N) is 1. The van der Waals surface area contributed by atoms with E-state index in [0.717, 1.165) is 6.42 Å². The maximum absolute atomic E-state index is 12.2. The van der Waals surface area contributed by atoms with E-state index in [4.69, 9.17) is 32.7 Å². The maximum Gasteiger partial charge on any atom is 0.291 e. The van der Waals surface area contributed by atoms with Gasteiger partial charge in [0.25, 0.3) is 11.9 Å². The van der Waals surface area contributed by atoms with E-state index in [9.17, 15) is 4.79 Å². The third kappa shape index (κ3) is 7.68.